The van der Waals surface area contributed by atoms with Crippen molar-refractivity contribution < 1.29 is 4.74 Å². The molecule has 1 saturated carbocycles. The maximum absolute atomic E-state index is 5.66. The largest absolute Gasteiger partial charge is 0.454 e. The van der Waals surface area contributed by atoms with Crippen LogP contribution in [0.5, 0.6) is 11.5 Å². The summed E-state index contributed by atoms with van der Waals surface area (Å²) in [7, 11) is 0. The summed E-state index contributed by atoms with van der Waals surface area (Å²) >= 11 is 0. The molecule has 3 nitrogen and oxygen atoms in total. The van der Waals surface area contributed by atoms with E-state index < -0.39 is 0 Å². The quantitative estimate of drug-likeness (QED) is 0.804. The fourth-order valence-corrected chi connectivity index (χ4v) is 1.67. The lowest BCUT2D eigenvalue weighted by Crippen LogP contribution is -1.93. The summed E-state index contributed by atoms with van der Waals surface area (Å²) in [5.74, 6) is 3.04. The molecule has 0 radical (unpaired) electrons. The van der Waals surface area contributed by atoms with Crippen LogP contribution >= 0.6 is 0 Å². The van der Waals surface area contributed by atoms with Gasteiger partial charge in [0.05, 0.1) is 12.4 Å². The van der Waals surface area contributed by atoms with Gasteiger partial charge in [0.1, 0.15) is 11.6 Å². The number of aromatic nitrogens is 2. The van der Waals surface area contributed by atoms with Crippen molar-refractivity contribution in [1.29, 1.82) is 0 Å². The van der Waals surface area contributed by atoms with Crippen LogP contribution < -0.4 is 4.74 Å². The Balaban J connectivity index is 1.73. The van der Waals surface area contributed by atoms with Gasteiger partial charge >= 0.3 is 0 Å². The lowest BCUT2D eigenvalue weighted by Gasteiger charge is -2.05. The minimum absolute atomic E-state index is 0.587. The first-order valence-corrected chi connectivity index (χ1v) is 5.88. The normalized spacial score (nSPS) is 14.6. The van der Waals surface area contributed by atoms with E-state index in [1.54, 1.807) is 12.4 Å². The minimum atomic E-state index is 0.587. The smallest absolute Gasteiger partial charge is 0.164 e. The van der Waals surface area contributed by atoms with E-state index in [2.05, 4.69) is 16.9 Å². The molecule has 3 rings (SSSR count). The number of aryl methyl sites for hydroxylation is 1. The van der Waals surface area contributed by atoms with Crippen LogP contribution in [0.4, 0.5) is 0 Å². The van der Waals surface area contributed by atoms with Crippen molar-refractivity contribution in [2.75, 3.05) is 0 Å². The van der Waals surface area contributed by atoms with E-state index in [-0.39, 0.29) is 0 Å². The predicted octanol–water partition coefficient (Wildman–Crippen LogP) is 3.45. The predicted molar refractivity (Wildman–Crippen MR) is 65.3 cm³/mol. The van der Waals surface area contributed by atoms with Gasteiger partial charge in [0.15, 0.2) is 5.75 Å². The second-order valence-corrected chi connectivity index (χ2v) is 4.47. The van der Waals surface area contributed by atoms with Gasteiger partial charge in [0.2, 0.25) is 0 Å². The Bertz CT molecular complexity index is 501. The van der Waals surface area contributed by atoms with Crippen molar-refractivity contribution in [2.45, 2.75) is 25.7 Å². The molecular formula is C14H14N2O. The molecular weight excluding hydrogens is 212 g/mol. The lowest BCUT2D eigenvalue weighted by molar-refractivity contribution is 0.476. The molecule has 0 unspecified atom stereocenters. The van der Waals surface area contributed by atoms with Crippen molar-refractivity contribution in [3.8, 4) is 11.5 Å². The molecule has 0 amide bonds. The molecule has 2 aromatic rings. The van der Waals surface area contributed by atoms with Gasteiger partial charge in [-0.2, -0.15) is 0 Å². The molecule has 1 aliphatic rings. The van der Waals surface area contributed by atoms with Gasteiger partial charge in [-0.25, -0.2) is 9.97 Å². The SMILES string of the molecule is Cc1ccc(Oc2cnc(C3CC3)nc2)cc1. The Morgan fingerprint density at radius 2 is 1.65 bits per heavy atom. The molecule has 1 aliphatic carbocycles. The molecule has 1 heterocycles. The van der Waals surface area contributed by atoms with Crippen LogP contribution in [0.15, 0.2) is 36.7 Å². The maximum Gasteiger partial charge on any atom is 0.164 e. The Kier molecular flexibility index (Phi) is 2.52. The Labute approximate surface area is 100 Å². The van der Waals surface area contributed by atoms with Gasteiger partial charge in [-0.05, 0) is 31.9 Å². The van der Waals surface area contributed by atoms with E-state index >= 15 is 0 Å². The standard InChI is InChI=1S/C14H14N2O/c1-10-2-6-12(7-3-10)17-13-8-15-14(16-9-13)11-4-5-11/h2-3,6-9,11H,4-5H2,1H3. The molecule has 17 heavy (non-hydrogen) atoms. The van der Waals surface area contributed by atoms with Crippen LogP contribution in [0.3, 0.4) is 0 Å². The van der Waals surface area contributed by atoms with Gasteiger partial charge in [0, 0.05) is 5.92 Å². The van der Waals surface area contributed by atoms with Crippen LogP contribution in [-0.4, -0.2) is 9.97 Å². The van der Waals surface area contributed by atoms with Crippen LogP contribution in [0.1, 0.15) is 30.1 Å². The number of hydrogen-bond donors (Lipinski definition) is 0. The molecule has 0 spiro atoms. The fourth-order valence-electron chi connectivity index (χ4n) is 1.67. The molecule has 0 N–H and O–H groups in total. The molecule has 0 aliphatic heterocycles. The van der Waals surface area contributed by atoms with Crippen LogP contribution in [0.25, 0.3) is 0 Å². The third kappa shape index (κ3) is 2.44. The van der Waals surface area contributed by atoms with E-state index in [9.17, 15) is 0 Å². The molecule has 0 saturated heterocycles. The van der Waals surface area contributed by atoms with Crippen molar-refractivity contribution in [3.05, 3.63) is 48.0 Å². The summed E-state index contributed by atoms with van der Waals surface area (Å²) in [4.78, 5) is 8.64. The Morgan fingerprint density at radius 3 is 2.24 bits per heavy atom. The average Bonchev–Trinajstić information content (AvgIpc) is 3.17. The second kappa shape index (κ2) is 4.17. The first-order chi connectivity index (χ1) is 8.31. The summed E-state index contributed by atoms with van der Waals surface area (Å²) in [6.07, 6.45) is 5.94. The molecule has 1 fully saturated rings. The van der Waals surface area contributed by atoms with E-state index in [4.69, 9.17) is 4.74 Å². The zero-order valence-corrected chi connectivity index (χ0v) is 9.76. The molecule has 0 atom stereocenters. The van der Waals surface area contributed by atoms with E-state index in [0.29, 0.717) is 11.7 Å². The monoisotopic (exact) mass is 226 g/mol. The van der Waals surface area contributed by atoms with Crippen molar-refractivity contribution >= 4 is 0 Å². The van der Waals surface area contributed by atoms with Gasteiger partial charge in [-0.15, -0.1) is 0 Å². The van der Waals surface area contributed by atoms with Crippen LogP contribution in [0.2, 0.25) is 0 Å². The molecule has 86 valence electrons. The van der Waals surface area contributed by atoms with Gasteiger partial charge in [0.25, 0.3) is 0 Å². The van der Waals surface area contributed by atoms with Crippen molar-refractivity contribution in [2.24, 2.45) is 0 Å². The fraction of sp³-hybridized carbons (Fsp3) is 0.286. The van der Waals surface area contributed by atoms with Gasteiger partial charge in [-0.3, -0.25) is 0 Å². The summed E-state index contributed by atoms with van der Waals surface area (Å²) < 4.78 is 5.66. The highest BCUT2D eigenvalue weighted by Crippen LogP contribution is 2.38. The summed E-state index contributed by atoms with van der Waals surface area (Å²) in [5.41, 5.74) is 1.22. The average molecular weight is 226 g/mol. The van der Waals surface area contributed by atoms with Gasteiger partial charge in [-0.1, -0.05) is 17.7 Å². The summed E-state index contributed by atoms with van der Waals surface area (Å²) in [5, 5.41) is 0. The number of hydrogen-bond acceptors (Lipinski definition) is 3. The molecule has 1 aromatic carbocycles. The third-order valence-corrected chi connectivity index (χ3v) is 2.85. The highest BCUT2D eigenvalue weighted by Gasteiger charge is 2.26. The second-order valence-electron chi connectivity index (χ2n) is 4.47. The Hall–Kier alpha value is -1.90. The highest BCUT2D eigenvalue weighted by molar-refractivity contribution is 5.30. The zero-order chi connectivity index (χ0) is 11.7. The maximum atomic E-state index is 5.66. The summed E-state index contributed by atoms with van der Waals surface area (Å²) in [6.45, 7) is 2.05. The number of ether oxygens (including phenoxy) is 1. The minimum Gasteiger partial charge on any atom is -0.454 e. The first kappa shape index (κ1) is 10.3. The third-order valence-electron chi connectivity index (χ3n) is 2.85. The molecule has 1 aromatic heterocycles. The van der Waals surface area contributed by atoms with E-state index in [0.717, 1.165) is 11.6 Å². The molecule has 3 heteroatoms. The zero-order valence-electron chi connectivity index (χ0n) is 9.76. The number of benzene rings is 1. The number of rotatable bonds is 3. The van der Waals surface area contributed by atoms with E-state index in [1.165, 1.54) is 18.4 Å². The van der Waals surface area contributed by atoms with Gasteiger partial charge < -0.3 is 4.74 Å². The van der Waals surface area contributed by atoms with Crippen molar-refractivity contribution in [3.63, 3.8) is 0 Å². The Morgan fingerprint density at radius 1 is 1.00 bits per heavy atom. The lowest BCUT2D eigenvalue weighted by atomic mass is 10.2. The summed E-state index contributed by atoms with van der Waals surface area (Å²) in [6, 6.07) is 7.94. The molecule has 0 bridgehead atoms. The van der Waals surface area contributed by atoms with Crippen LogP contribution in [0, 0.1) is 6.92 Å². The highest BCUT2D eigenvalue weighted by atomic mass is 16.5. The van der Waals surface area contributed by atoms with Crippen molar-refractivity contribution in [1.82, 2.24) is 9.97 Å². The number of nitrogens with zero attached hydrogens (tertiary/aromatic N) is 2. The topological polar surface area (TPSA) is 35.0 Å². The van der Waals surface area contributed by atoms with E-state index in [1.807, 2.05) is 24.3 Å². The first-order valence-electron chi connectivity index (χ1n) is 5.88. The van der Waals surface area contributed by atoms with Crippen LogP contribution in [-0.2, 0) is 0 Å².